The van der Waals surface area contributed by atoms with Gasteiger partial charge in [-0.25, -0.2) is 14.5 Å². The number of aromatic nitrogens is 3. The molecular formula is C28H25ClN4O3S. The highest BCUT2D eigenvalue weighted by molar-refractivity contribution is 7.07. The number of carbonyl (C=O) groups excluding carboxylic acids is 1. The summed E-state index contributed by atoms with van der Waals surface area (Å²) >= 11 is 7.42. The van der Waals surface area contributed by atoms with E-state index in [0.29, 0.717) is 25.6 Å². The summed E-state index contributed by atoms with van der Waals surface area (Å²) in [4.78, 5) is 32.0. The van der Waals surface area contributed by atoms with Gasteiger partial charge in [-0.3, -0.25) is 9.36 Å². The molecule has 7 nitrogen and oxygen atoms in total. The Morgan fingerprint density at radius 3 is 2.49 bits per heavy atom. The summed E-state index contributed by atoms with van der Waals surface area (Å²) in [6, 6.07) is 16.3. The minimum atomic E-state index is -0.677. The van der Waals surface area contributed by atoms with E-state index >= 15 is 0 Å². The Kier molecular flexibility index (Phi) is 6.70. The number of halogens is 1. The molecule has 0 spiro atoms. The number of hydrogen-bond donors (Lipinski definition) is 0. The van der Waals surface area contributed by atoms with Crippen molar-refractivity contribution in [3.8, 4) is 5.69 Å². The molecule has 188 valence electrons. The molecular weight excluding hydrogens is 508 g/mol. The second kappa shape index (κ2) is 9.95. The van der Waals surface area contributed by atoms with E-state index in [-0.39, 0.29) is 12.2 Å². The number of fused-ring (bicyclic) bond motifs is 1. The maximum atomic E-state index is 13.9. The lowest BCUT2D eigenvalue weighted by Crippen LogP contribution is -2.39. The summed E-state index contributed by atoms with van der Waals surface area (Å²) in [7, 11) is 0. The Hall–Kier alpha value is -3.75. The zero-order valence-electron chi connectivity index (χ0n) is 20.9. The summed E-state index contributed by atoms with van der Waals surface area (Å²) in [5.41, 5.74) is 4.93. The van der Waals surface area contributed by atoms with Gasteiger partial charge in [-0.1, -0.05) is 53.3 Å². The maximum absolute atomic E-state index is 13.9. The van der Waals surface area contributed by atoms with E-state index in [4.69, 9.17) is 21.4 Å². The fourth-order valence-corrected chi connectivity index (χ4v) is 5.72. The highest BCUT2D eigenvalue weighted by Crippen LogP contribution is 2.31. The second-order valence-electron chi connectivity index (χ2n) is 8.69. The van der Waals surface area contributed by atoms with Gasteiger partial charge in [0.15, 0.2) is 4.80 Å². The van der Waals surface area contributed by atoms with Crippen LogP contribution in [0.4, 0.5) is 0 Å². The number of ether oxygens (including phenoxy) is 1. The van der Waals surface area contributed by atoms with Gasteiger partial charge in [0.05, 0.1) is 39.8 Å². The van der Waals surface area contributed by atoms with Crippen LogP contribution >= 0.6 is 22.9 Å². The van der Waals surface area contributed by atoms with Crippen molar-refractivity contribution in [3.63, 3.8) is 0 Å². The third-order valence-corrected chi connectivity index (χ3v) is 7.56. The quantitative estimate of drug-likeness (QED) is 0.360. The van der Waals surface area contributed by atoms with Crippen molar-refractivity contribution >= 4 is 35.0 Å². The van der Waals surface area contributed by atoms with E-state index in [1.807, 2.05) is 67.1 Å². The monoisotopic (exact) mass is 532 g/mol. The van der Waals surface area contributed by atoms with Crippen molar-refractivity contribution in [1.82, 2.24) is 14.3 Å². The molecule has 1 aliphatic heterocycles. The molecule has 0 saturated carbocycles. The average Bonchev–Trinajstić information content (AvgIpc) is 3.34. The topological polar surface area (TPSA) is 78.5 Å². The molecule has 1 unspecified atom stereocenters. The number of esters is 1. The molecule has 0 saturated heterocycles. The Bertz CT molecular complexity index is 1710. The molecule has 0 N–H and O–H groups in total. The van der Waals surface area contributed by atoms with Crippen LogP contribution in [-0.4, -0.2) is 26.9 Å². The number of nitrogens with zero attached hydrogens (tertiary/aromatic N) is 4. The summed E-state index contributed by atoms with van der Waals surface area (Å²) in [6.45, 7) is 7.65. The summed E-state index contributed by atoms with van der Waals surface area (Å²) < 4.78 is 9.30. The van der Waals surface area contributed by atoms with Crippen molar-refractivity contribution < 1.29 is 9.53 Å². The number of carbonyl (C=O) groups is 1. The van der Waals surface area contributed by atoms with E-state index in [1.165, 1.54) is 11.3 Å². The first kappa shape index (κ1) is 24.9. The van der Waals surface area contributed by atoms with Crippen LogP contribution < -0.4 is 14.9 Å². The van der Waals surface area contributed by atoms with Gasteiger partial charge in [0.2, 0.25) is 0 Å². The first-order valence-corrected chi connectivity index (χ1v) is 13.1. The van der Waals surface area contributed by atoms with Gasteiger partial charge < -0.3 is 4.74 Å². The van der Waals surface area contributed by atoms with Crippen molar-refractivity contribution in [2.75, 3.05) is 6.61 Å². The number of aryl methyl sites for hydroxylation is 1. The molecule has 0 fully saturated rings. The van der Waals surface area contributed by atoms with Crippen LogP contribution in [0.2, 0.25) is 5.02 Å². The van der Waals surface area contributed by atoms with Crippen LogP contribution in [0.5, 0.6) is 0 Å². The van der Waals surface area contributed by atoms with Gasteiger partial charge in [0.25, 0.3) is 5.56 Å². The molecule has 9 heteroatoms. The summed E-state index contributed by atoms with van der Waals surface area (Å²) in [5.74, 6) is -0.492. The molecule has 0 amide bonds. The molecule has 0 radical (unpaired) electrons. The minimum Gasteiger partial charge on any atom is -0.463 e. The Labute approximate surface area is 222 Å². The molecule has 0 aliphatic carbocycles. The molecule has 2 aromatic carbocycles. The standard InChI is InChI=1S/C28H25ClN4O3S/c1-5-36-27(35)24-17(3)30-28-32(25(24)19-11-13-20(29)14-12-19)26(34)23(37-28)15-22-16(2)31-33(18(22)4)21-9-7-6-8-10-21/h6-15,25H,5H2,1-4H3. The van der Waals surface area contributed by atoms with Crippen molar-refractivity contribution in [2.45, 2.75) is 33.7 Å². The van der Waals surface area contributed by atoms with Gasteiger partial charge in [-0.15, -0.1) is 0 Å². The highest BCUT2D eigenvalue weighted by atomic mass is 35.5. The molecule has 5 rings (SSSR count). The minimum absolute atomic E-state index is 0.220. The molecule has 37 heavy (non-hydrogen) atoms. The SMILES string of the molecule is CCOC(=O)C1=C(C)N=c2sc(=Cc3c(C)nn(-c4ccccc4)c3C)c(=O)n2C1c1ccc(Cl)cc1. The lowest BCUT2D eigenvalue weighted by Gasteiger charge is -2.24. The zero-order chi connectivity index (χ0) is 26.3. The molecule has 4 aromatic rings. The van der Waals surface area contributed by atoms with Crippen molar-refractivity contribution in [1.29, 1.82) is 0 Å². The molecule has 0 bridgehead atoms. The predicted molar refractivity (Wildman–Crippen MR) is 145 cm³/mol. The van der Waals surface area contributed by atoms with Crippen LogP contribution in [0.3, 0.4) is 0 Å². The van der Waals surface area contributed by atoms with E-state index in [1.54, 1.807) is 30.5 Å². The normalized spacial score (nSPS) is 15.5. The van der Waals surface area contributed by atoms with Gasteiger partial charge >= 0.3 is 5.97 Å². The number of benzene rings is 2. The second-order valence-corrected chi connectivity index (χ2v) is 10.1. The van der Waals surface area contributed by atoms with E-state index < -0.39 is 12.0 Å². The van der Waals surface area contributed by atoms with Crippen LogP contribution in [0, 0.1) is 13.8 Å². The first-order valence-electron chi connectivity index (χ1n) is 11.9. The third kappa shape index (κ3) is 4.47. The zero-order valence-corrected chi connectivity index (χ0v) is 22.4. The average molecular weight is 533 g/mol. The van der Waals surface area contributed by atoms with Crippen LogP contribution in [-0.2, 0) is 9.53 Å². The molecule has 1 aliphatic rings. The Balaban J connectivity index is 1.70. The number of thiazole rings is 1. The molecule has 1 atom stereocenters. The van der Waals surface area contributed by atoms with Gasteiger partial charge in [-0.2, -0.15) is 5.10 Å². The number of allylic oxidation sites excluding steroid dienone is 1. The number of hydrogen-bond acceptors (Lipinski definition) is 6. The smallest absolute Gasteiger partial charge is 0.338 e. The lowest BCUT2D eigenvalue weighted by molar-refractivity contribution is -0.139. The van der Waals surface area contributed by atoms with Crippen LogP contribution in [0.15, 0.2) is 75.7 Å². The van der Waals surface area contributed by atoms with Crippen molar-refractivity contribution in [3.05, 3.63) is 113 Å². The van der Waals surface area contributed by atoms with E-state index in [9.17, 15) is 9.59 Å². The first-order chi connectivity index (χ1) is 17.8. The molecule has 2 aromatic heterocycles. The highest BCUT2D eigenvalue weighted by Gasteiger charge is 2.33. The maximum Gasteiger partial charge on any atom is 0.338 e. The number of rotatable bonds is 5. The predicted octanol–water partition coefficient (Wildman–Crippen LogP) is 4.25. The van der Waals surface area contributed by atoms with Crippen molar-refractivity contribution in [2.24, 2.45) is 4.99 Å². The fraction of sp³-hybridized carbons (Fsp3) is 0.214. The lowest BCUT2D eigenvalue weighted by atomic mass is 9.96. The van der Waals surface area contributed by atoms with Gasteiger partial charge in [0, 0.05) is 16.3 Å². The summed E-state index contributed by atoms with van der Waals surface area (Å²) in [5, 5.41) is 5.27. The van der Waals surface area contributed by atoms with Crippen LogP contribution in [0.1, 0.15) is 42.4 Å². The van der Waals surface area contributed by atoms with E-state index in [2.05, 4.69) is 4.99 Å². The van der Waals surface area contributed by atoms with Crippen LogP contribution in [0.25, 0.3) is 11.8 Å². The fourth-order valence-electron chi connectivity index (χ4n) is 4.57. The molecule has 3 heterocycles. The third-order valence-electron chi connectivity index (χ3n) is 6.33. The van der Waals surface area contributed by atoms with Gasteiger partial charge in [0.1, 0.15) is 0 Å². The largest absolute Gasteiger partial charge is 0.463 e. The Morgan fingerprint density at radius 2 is 1.81 bits per heavy atom. The van der Waals surface area contributed by atoms with Gasteiger partial charge in [-0.05, 0) is 63.6 Å². The Morgan fingerprint density at radius 1 is 1.11 bits per heavy atom. The number of para-hydroxylation sites is 1. The summed E-state index contributed by atoms with van der Waals surface area (Å²) in [6.07, 6.45) is 1.86. The van der Waals surface area contributed by atoms with E-state index in [0.717, 1.165) is 28.2 Å².